The summed E-state index contributed by atoms with van der Waals surface area (Å²) in [7, 11) is -1.26. The van der Waals surface area contributed by atoms with E-state index in [1.165, 1.54) is 0 Å². The van der Waals surface area contributed by atoms with E-state index in [9.17, 15) is 8.42 Å². The van der Waals surface area contributed by atoms with Gasteiger partial charge in [0.2, 0.25) is 0 Å². The van der Waals surface area contributed by atoms with Crippen molar-refractivity contribution in [1.82, 2.24) is 10.3 Å². The normalized spacial score (nSPS) is 19.8. The van der Waals surface area contributed by atoms with E-state index < -0.39 is 15.2 Å². The van der Waals surface area contributed by atoms with Crippen molar-refractivity contribution in [3.05, 3.63) is 22.3 Å². The van der Waals surface area contributed by atoms with E-state index in [0.717, 1.165) is 21.6 Å². The molecule has 21 heavy (non-hydrogen) atoms. The first-order valence-corrected chi connectivity index (χ1v) is 10.5. The first-order valence-electron chi connectivity index (χ1n) is 6.84. The molecule has 5 nitrogen and oxygen atoms in total. The number of pyridine rings is 1. The third kappa shape index (κ3) is 3.91. The molecule has 0 spiro atoms. The fourth-order valence-electron chi connectivity index (χ4n) is 2.37. The van der Waals surface area contributed by atoms with Crippen molar-refractivity contribution in [2.45, 2.75) is 18.8 Å². The van der Waals surface area contributed by atoms with Gasteiger partial charge in [0.25, 0.3) is 0 Å². The fraction of sp³-hybridized carbons (Fsp3) is 0.615. The Morgan fingerprint density at radius 2 is 2.33 bits per heavy atom. The van der Waals surface area contributed by atoms with Crippen LogP contribution in [-0.2, 0) is 16.4 Å². The van der Waals surface area contributed by atoms with Gasteiger partial charge in [-0.1, -0.05) is 6.92 Å². The van der Waals surface area contributed by atoms with Gasteiger partial charge in [-0.05, 0) is 29.0 Å². The lowest BCUT2D eigenvalue weighted by atomic mass is 10.2. The molecule has 0 amide bonds. The molecule has 0 saturated carbocycles. The smallest absolute Gasteiger partial charge is 0.171 e. The molecule has 1 unspecified atom stereocenters. The summed E-state index contributed by atoms with van der Waals surface area (Å²) in [5, 5.41) is 2.64. The molecule has 1 saturated heterocycles. The van der Waals surface area contributed by atoms with Gasteiger partial charge in [0, 0.05) is 46.6 Å². The van der Waals surface area contributed by atoms with Crippen molar-refractivity contribution in [2.24, 2.45) is 0 Å². The molecule has 1 aliphatic heterocycles. The van der Waals surface area contributed by atoms with E-state index in [1.807, 2.05) is 18.0 Å². The van der Waals surface area contributed by atoms with Crippen LogP contribution in [0.5, 0.6) is 0 Å². The van der Waals surface area contributed by atoms with Crippen LogP contribution >= 0.6 is 27.7 Å². The zero-order valence-corrected chi connectivity index (χ0v) is 15.4. The summed E-state index contributed by atoms with van der Waals surface area (Å²) < 4.78 is 25.6. The van der Waals surface area contributed by atoms with E-state index in [0.29, 0.717) is 18.8 Å². The van der Waals surface area contributed by atoms with Crippen LogP contribution in [0.25, 0.3) is 0 Å². The van der Waals surface area contributed by atoms with Gasteiger partial charge in [-0.2, -0.15) is 11.8 Å². The zero-order chi connectivity index (χ0) is 15.5. The van der Waals surface area contributed by atoms with Gasteiger partial charge >= 0.3 is 0 Å². The molecule has 1 aliphatic rings. The van der Waals surface area contributed by atoms with Crippen molar-refractivity contribution in [3.63, 3.8) is 0 Å². The summed E-state index contributed by atoms with van der Waals surface area (Å²) in [6, 6.07) is 2.00. The maximum absolute atomic E-state index is 12.4. The minimum atomic E-state index is -3.13. The summed E-state index contributed by atoms with van der Waals surface area (Å²) in [6.45, 7) is 3.07. The first-order chi connectivity index (χ1) is 9.99. The van der Waals surface area contributed by atoms with Crippen LogP contribution in [0.3, 0.4) is 0 Å². The highest BCUT2D eigenvalue weighted by Gasteiger charge is 2.34. The molecule has 2 rings (SSSR count). The minimum Gasteiger partial charge on any atom is -0.338 e. The number of anilines is 1. The van der Waals surface area contributed by atoms with Crippen molar-refractivity contribution in [1.29, 1.82) is 0 Å². The second-order valence-electron chi connectivity index (χ2n) is 4.84. The van der Waals surface area contributed by atoms with Crippen LogP contribution < -0.4 is 10.2 Å². The lowest BCUT2D eigenvalue weighted by molar-refractivity contribution is 0.578. The van der Waals surface area contributed by atoms with Crippen molar-refractivity contribution >= 4 is 43.3 Å². The maximum atomic E-state index is 12.4. The van der Waals surface area contributed by atoms with E-state index in [-0.39, 0.29) is 5.75 Å². The highest BCUT2D eigenvalue weighted by atomic mass is 79.9. The Bertz CT molecular complexity index is 595. The predicted octanol–water partition coefficient (Wildman–Crippen LogP) is 1.88. The zero-order valence-electron chi connectivity index (χ0n) is 12.2. The van der Waals surface area contributed by atoms with Gasteiger partial charge in [-0.3, -0.25) is 0 Å². The Morgan fingerprint density at radius 3 is 3.00 bits per heavy atom. The molecular weight excluding hydrogens is 374 g/mol. The van der Waals surface area contributed by atoms with Crippen LogP contribution in [0.2, 0.25) is 0 Å². The average Bonchev–Trinajstić information content (AvgIpc) is 2.48. The van der Waals surface area contributed by atoms with Crippen molar-refractivity contribution in [3.8, 4) is 0 Å². The molecule has 8 heteroatoms. The quantitative estimate of drug-likeness (QED) is 0.823. The number of nitrogens with zero attached hydrogens (tertiary/aromatic N) is 2. The van der Waals surface area contributed by atoms with Gasteiger partial charge in [-0.25, -0.2) is 13.4 Å². The molecular formula is C13H20BrN3O2S2. The van der Waals surface area contributed by atoms with E-state index in [4.69, 9.17) is 0 Å². The number of thioether (sulfide) groups is 1. The Morgan fingerprint density at radius 1 is 1.57 bits per heavy atom. The second-order valence-corrected chi connectivity index (χ2v) is 9.35. The molecule has 2 heterocycles. The SMILES string of the molecule is CCS(=O)(=O)C1CSCCN1c1ncc(Br)cc1CNC. The Hall–Kier alpha value is -0.310. The van der Waals surface area contributed by atoms with Crippen LogP contribution in [0.15, 0.2) is 16.7 Å². The molecule has 0 aliphatic carbocycles. The van der Waals surface area contributed by atoms with Crippen molar-refractivity contribution in [2.75, 3.05) is 35.8 Å². The van der Waals surface area contributed by atoms with E-state index in [2.05, 4.69) is 26.2 Å². The highest BCUT2D eigenvalue weighted by molar-refractivity contribution is 9.10. The third-order valence-corrected chi connectivity index (χ3v) is 7.17. The fourth-order valence-corrected chi connectivity index (χ4v) is 5.71. The molecule has 0 bridgehead atoms. The maximum Gasteiger partial charge on any atom is 0.171 e. The second kappa shape index (κ2) is 7.30. The number of nitrogens with one attached hydrogen (secondary N) is 1. The molecule has 0 aromatic carbocycles. The van der Waals surface area contributed by atoms with Crippen molar-refractivity contribution < 1.29 is 8.42 Å². The standard InChI is InChI=1S/C13H20BrN3O2S2/c1-3-21(18,19)12-9-20-5-4-17(12)13-10(7-15-2)6-11(14)8-16-13/h6,8,12,15H,3-5,7,9H2,1-2H3. The molecule has 1 N–H and O–H groups in total. The molecule has 1 aromatic rings. The predicted molar refractivity (Wildman–Crippen MR) is 92.6 cm³/mol. The Kier molecular flexibility index (Phi) is 5.93. The van der Waals surface area contributed by atoms with Crippen LogP contribution in [0, 0.1) is 0 Å². The first kappa shape index (κ1) is 17.1. The number of sulfone groups is 1. The molecule has 1 fully saturated rings. The number of hydrogen-bond donors (Lipinski definition) is 1. The molecule has 1 atom stereocenters. The molecule has 118 valence electrons. The summed E-state index contributed by atoms with van der Waals surface area (Å²) in [6.07, 6.45) is 1.73. The van der Waals surface area contributed by atoms with Gasteiger partial charge in [0.15, 0.2) is 9.84 Å². The summed E-state index contributed by atoms with van der Waals surface area (Å²) in [4.78, 5) is 6.44. The topological polar surface area (TPSA) is 62.3 Å². The number of rotatable bonds is 5. The third-order valence-electron chi connectivity index (χ3n) is 3.45. The summed E-state index contributed by atoms with van der Waals surface area (Å²) in [5.74, 6) is 2.46. The number of hydrogen-bond acceptors (Lipinski definition) is 6. The van der Waals surface area contributed by atoms with Crippen LogP contribution in [0.1, 0.15) is 12.5 Å². The summed E-state index contributed by atoms with van der Waals surface area (Å²) in [5.41, 5.74) is 1.01. The lowest BCUT2D eigenvalue weighted by Crippen LogP contribution is -2.48. The number of aromatic nitrogens is 1. The Labute approximate surface area is 138 Å². The van der Waals surface area contributed by atoms with Crippen LogP contribution in [0.4, 0.5) is 5.82 Å². The average molecular weight is 394 g/mol. The van der Waals surface area contributed by atoms with Crippen LogP contribution in [-0.4, -0.2) is 49.6 Å². The molecule has 1 aromatic heterocycles. The van der Waals surface area contributed by atoms with Gasteiger partial charge in [0.1, 0.15) is 11.2 Å². The number of halogens is 1. The molecule has 0 radical (unpaired) electrons. The largest absolute Gasteiger partial charge is 0.338 e. The summed E-state index contributed by atoms with van der Waals surface area (Å²) >= 11 is 5.12. The van der Waals surface area contributed by atoms with E-state index in [1.54, 1.807) is 24.9 Å². The Balaban J connectivity index is 2.42. The van der Waals surface area contributed by atoms with Gasteiger partial charge in [0.05, 0.1) is 0 Å². The van der Waals surface area contributed by atoms with Gasteiger partial charge < -0.3 is 10.2 Å². The van der Waals surface area contributed by atoms with Gasteiger partial charge in [-0.15, -0.1) is 0 Å². The minimum absolute atomic E-state index is 0.159. The monoisotopic (exact) mass is 393 g/mol. The highest BCUT2D eigenvalue weighted by Crippen LogP contribution is 2.29. The lowest BCUT2D eigenvalue weighted by Gasteiger charge is -2.36. The van der Waals surface area contributed by atoms with E-state index >= 15 is 0 Å².